The average molecular weight is 843 g/mol. The minimum absolute atomic E-state index is 0.0798. The van der Waals surface area contributed by atoms with Gasteiger partial charge in [-0.1, -0.05) is 110 Å². The number of aliphatic hydroxyl groups excluding tert-OH is 2. The number of allylic oxidation sites excluding steroid dienone is 1. The maximum atomic E-state index is 14.1. The van der Waals surface area contributed by atoms with Crippen molar-refractivity contribution in [2.75, 3.05) is 33.0 Å². The number of hydrogen-bond donors (Lipinski definition) is 2. The number of benzene rings is 4. The normalized spacial score (nSPS) is 23.0. The Balaban J connectivity index is 1.39. The van der Waals surface area contributed by atoms with Crippen molar-refractivity contribution in [3.63, 3.8) is 0 Å². The van der Waals surface area contributed by atoms with E-state index in [1.807, 2.05) is 86.6 Å². The summed E-state index contributed by atoms with van der Waals surface area (Å²) in [5.41, 5.74) is 5.93. The minimum atomic E-state index is -1.36. The number of unbranched alkanes of at least 4 members (excludes halogenated alkanes) is 2. The molecular formula is C52H62N2O8. The van der Waals surface area contributed by atoms with Crippen LogP contribution in [0.4, 0.5) is 4.79 Å². The first-order valence-corrected chi connectivity index (χ1v) is 22.5. The standard InChI is InChI=1S/C52H62N2O8/c1-4-29-54(51(57)58-6-3)48-35-46(53-60-36-37-17-9-7-10-18-37)44-33-40(21-13-15-30-55)43(22-14-16-31-56)49-45-34-42(27-28-47(45)62-52(48,50(44)49)59-32-5-2)61-41-25-23-39(24-26-41)38-19-11-8-12-20-38/h5,7-12,17-20,23-28,33-34,40,43,48-50,55-56H,2,4,6,13-16,21-22,29-32,35-36H2,1,3H3/t40-,43+,48-,49+,50+,52+/m0/s1. The Hall–Kier alpha value is -5.42. The number of hydrogen-bond acceptors (Lipinski definition) is 9. The maximum absolute atomic E-state index is 14.1. The number of carbonyl (C=O) groups is 1. The van der Waals surface area contributed by atoms with Crippen molar-refractivity contribution < 1.29 is 38.8 Å². The van der Waals surface area contributed by atoms with E-state index >= 15 is 0 Å². The summed E-state index contributed by atoms with van der Waals surface area (Å²) in [6.45, 7) is 9.20. The minimum Gasteiger partial charge on any atom is -0.459 e. The molecule has 10 nitrogen and oxygen atoms in total. The van der Waals surface area contributed by atoms with Crippen LogP contribution < -0.4 is 9.47 Å². The van der Waals surface area contributed by atoms with Gasteiger partial charge in [-0.05, 0) is 103 Å². The van der Waals surface area contributed by atoms with Crippen LogP contribution in [0.15, 0.2) is 133 Å². The van der Waals surface area contributed by atoms with Gasteiger partial charge in [0.05, 0.1) is 24.8 Å². The highest BCUT2D eigenvalue weighted by Gasteiger charge is 2.65. The first-order chi connectivity index (χ1) is 30.4. The lowest BCUT2D eigenvalue weighted by Gasteiger charge is -2.59. The van der Waals surface area contributed by atoms with Gasteiger partial charge in [0.1, 0.15) is 29.9 Å². The first kappa shape index (κ1) is 44.6. The molecule has 0 aromatic heterocycles. The number of nitrogens with zero attached hydrogens (tertiary/aromatic N) is 2. The first-order valence-electron chi connectivity index (χ1n) is 22.5. The van der Waals surface area contributed by atoms with Crippen LogP contribution in [0, 0.1) is 17.8 Å². The molecule has 0 bridgehead atoms. The smallest absolute Gasteiger partial charge is 0.410 e. The predicted molar refractivity (Wildman–Crippen MR) is 242 cm³/mol. The summed E-state index contributed by atoms with van der Waals surface area (Å²) >= 11 is 0. The van der Waals surface area contributed by atoms with Crippen LogP contribution in [-0.2, 0) is 20.9 Å². The molecule has 62 heavy (non-hydrogen) atoms. The van der Waals surface area contributed by atoms with Crippen molar-refractivity contribution in [2.45, 2.75) is 89.6 Å². The van der Waals surface area contributed by atoms with E-state index in [0.717, 1.165) is 59.2 Å². The Labute approximate surface area is 366 Å². The number of rotatable bonds is 21. The second-order valence-corrected chi connectivity index (χ2v) is 16.4. The fourth-order valence-electron chi connectivity index (χ4n) is 9.77. The Morgan fingerprint density at radius 3 is 2.27 bits per heavy atom. The van der Waals surface area contributed by atoms with Gasteiger partial charge in [0.15, 0.2) is 0 Å². The van der Waals surface area contributed by atoms with Gasteiger partial charge in [-0.3, -0.25) is 4.90 Å². The van der Waals surface area contributed by atoms with Crippen LogP contribution in [0.25, 0.3) is 11.1 Å². The predicted octanol–water partition coefficient (Wildman–Crippen LogP) is 10.8. The summed E-state index contributed by atoms with van der Waals surface area (Å²) in [5, 5.41) is 24.8. The van der Waals surface area contributed by atoms with Crippen molar-refractivity contribution in [1.82, 2.24) is 4.90 Å². The van der Waals surface area contributed by atoms with Crippen molar-refractivity contribution in [2.24, 2.45) is 22.9 Å². The molecule has 1 amide bonds. The Bertz CT molecular complexity index is 2120. The molecule has 2 N–H and O–H groups in total. The summed E-state index contributed by atoms with van der Waals surface area (Å²) in [5.74, 6) is 0.248. The Kier molecular flexibility index (Phi) is 15.5. The van der Waals surface area contributed by atoms with Crippen LogP contribution in [-0.4, -0.2) is 71.7 Å². The number of oxime groups is 1. The van der Waals surface area contributed by atoms with E-state index in [2.05, 4.69) is 43.0 Å². The number of amides is 1. The summed E-state index contributed by atoms with van der Waals surface area (Å²) in [4.78, 5) is 22.1. The fraction of sp³-hybridized carbons (Fsp3) is 0.423. The summed E-state index contributed by atoms with van der Waals surface area (Å²) < 4.78 is 26.8. The molecule has 10 heteroatoms. The summed E-state index contributed by atoms with van der Waals surface area (Å²) in [6.07, 6.45) is 9.33. The molecular weight excluding hydrogens is 781 g/mol. The molecule has 1 heterocycles. The van der Waals surface area contributed by atoms with E-state index in [1.54, 1.807) is 11.0 Å². The van der Waals surface area contributed by atoms with Gasteiger partial charge < -0.3 is 34.0 Å². The van der Waals surface area contributed by atoms with Gasteiger partial charge in [-0.15, -0.1) is 6.58 Å². The lowest BCUT2D eigenvalue weighted by atomic mass is 9.55. The van der Waals surface area contributed by atoms with Gasteiger partial charge in [0, 0.05) is 37.7 Å². The highest BCUT2D eigenvalue weighted by molar-refractivity contribution is 6.03. The third kappa shape index (κ3) is 9.94. The topological polar surface area (TPSA) is 119 Å². The zero-order valence-corrected chi connectivity index (χ0v) is 36.2. The highest BCUT2D eigenvalue weighted by Crippen LogP contribution is 2.62. The second kappa shape index (κ2) is 21.6. The third-order valence-electron chi connectivity index (χ3n) is 12.4. The van der Waals surface area contributed by atoms with E-state index < -0.39 is 23.8 Å². The van der Waals surface area contributed by atoms with Crippen molar-refractivity contribution in [3.8, 4) is 28.4 Å². The van der Waals surface area contributed by atoms with E-state index in [4.69, 9.17) is 28.9 Å². The molecule has 0 saturated heterocycles. The van der Waals surface area contributed by atoms with Crippen LogP contribution in [0.2, 0.25) is 0 Å². The van der Waals surface area contributed by atoms with Crippen LogP contribution in [0.3, 0.4) is 0 Å². The molecule has 3 aliphatic rings. The fourth-order valence-corrected chi connectivity index (χ4v) is 9.77. The van der Waals surface area contributed by atoms with Crippen LogP contribution in [0.1, 0.15) is 82.3 Å². The Morgan fingerprint density at radius 2 is 1.58 bits per heavy atom. The number of carbonyl (C=O) groups excluding carboxylic acids is 1. The molecule has 1 saturated carbocycles. The largest absolute Gasteiger partial charge is 0.459 e. The monoisotopic (exact) mass is 842 g/mol. The average Bonchev–Trinajstić information content (AvgIpc) is 3.30. The van der Waals surface area contributed by atoms with Crippen LogP contribution >= 0.6 is 0 Å². The van der Waals surface area contributed by atoms with E-state index in [1.165, 1.54) is 0 Å². The molecule has 0 radical (unpaired) electrons. The number of aliphatic hydroxyl groups is 2. The van der Waals surface area contributed by atoms with Crippen molar-refractivity contribution in [3.05, 3.63) is 139 Å². The Morgan fingerprint density at radius 1 is 0.887 bits per heavy atom. The second-order valence-electron chi connectivity index (χ2n) is 16.4. The van der Waals surface area contributed by atoms with E-state index in [9.17, 15) is 15.0 Å². The molecule has 0 spiro atoms. The van der Waals surface area contributed by atoms with Gasteiger partial charge in [0.25, 0.3) is 0 Å². The zero-order valence-electron chi connectivity index (χ0n) is 36.2. The molecule has 2 aliphatic carbocycles. The molecule has 4 aromatic rings. The van der Waals surface area contributed by atoms with Crippen molar-refractivity contribution >= 4 is 11.8 Å². The van der Waals surface area contributed by atoms with Gasteiger partial charge in [-0.25, -0.2) is 4.79 Å². The van der Waals surface area contributed by atoms with Crippen LogP contribution in [0.5, 0.6) is 17.2 Å². The summed E-state index contributed by atoms with van der Waals surface area (Å²) in [6, 6.07) is 33.7. The number of ether oxygens (including phenoxy) is 4. The molecule has 7 rings (SSSR count). The SMILES string of the molecule is C=CCO[C@@]12Oc3ccc(Oc4ccc(-c5ccccc5)cc4)cc3[C@H]3[C@H](CCCCO)[C@@H](CCCCO)C=C(C(=NOCc4ccccc4)C[C@@H]1N(CCC)C(=O)OCC)[C@H]32. The summed E-state index contributed by atoms with van der Waals surface area (Å²) in [7, 11) is 0. The maximum Gasteiger partial charge on any atom is 0.410 e. The van der Waals surface area contributed by atoms with Gasteiger partial charge in [0.2, 0.25) is 5.79 Å². The molecule has 4 aromatic carbocycles. The van der Waals surface area contributed by atoms with E-state index in [0.29, 0.717) is 49.5 Å². The third-order valence-corrected chi connectivity index (χ3v) is 12.4. The highest BCUT2D eigenvalue weighted by atomic mass is 16.7. The van der Waals surface area contributed by atoms with Gasteiger partial charge in [-0.2, -0.15) is 0 Å². The van der Waals surface area contributed by atoms with Crippen molar-refractivity contribution in [1.29, 1.82) is 0 Å². The molecule has 6 atom stereocenters. The lowest BCUT2D eigenvalue weighted by Crippen LogP contribution is -2.70. The molecule has 1 fully saturated rings. The number of fused-ring (bicyclic) bond motifs is 2. The lowest BCUT2D eigenvalue weighted by molar-refractivity contribution is -0.255. The quantitative estimate of drug-likeness (QED) is 0.0484. The zero-order chi connectivity index (χ0) is 43.3. The van der Waals surface area contributed by atoms with Gasteiger partial charge >= 0.3 is 6.09 Å². The van der Waals surface area contributed by atoms with E-state index in [-0.39, 0.29) is 50.8 Å². The molecule has 1 aliphatic heterocycles. The molecule has 0 unspecified atom stereocenters. The molecule has 328 valence electrons.